The summed E-state index contributed by atoms with van der Waals surface area (Å²) in [6, 6.07) is 31.7. The average molecular weight is 494 g/mol. The van der Waals surface area contributed by atoms with E-state index in [0.29, 0.717) is 18.7 Å². The Morgan fingerprint density at radius 2 is 1.41 bits per heavy atom. The van der Waals surface area contributed by atoms with E-state index in [1.165, 1.54) is 0 Å². The van der Waals surface area contributed by atoms with Crippen LogP contribution in [0.2, 0.25) is 0 Å². The highest BCUT2D eigenvalue weighted by Gasteiger charge is 2.26. The second-order valence-electron chi connectivity index (χ2n) is 9.48. The molecule has 1 aromatic heterocycles. The van der Waals surface area contributed by atoms with Crippen LogP contribution in [0.4, 0.5) is 0 Å². The van der Waals surface area contributed by atoms with Crippen LogP contribution in [0.3, 0.4) is 0 Å². The lowest BCUT2D eigenvalue weighted by atomic mass is 10.0. The molecule has 1 unspecified atom stereocenters. The van der Waals surface area contributed by atoms with Gasteiger partial charge in [-0.2, -0.15) is 0 Å². The summed E-state index contributed by atoms with van der Waals surface area (Å²) in [7, 11) is 1.98. The molecule has 5 heteroatoms. The minimum Gasteiger partial charge on any atom is -0.353 e. The van der Waals surface area contributed by atoms with Crippen LogP contribution in [-0.4, -0.2) is 38.8 Å². The van der Waals surface area contributed by atoms with Crippen LogP contribution in [0.25, 0.3) is 11.1 Å². The zero-order valence-electron chi connectivity index (χ0n) is 21.9. The fourth-order valence-electron chi connectivity index (χ4n) is 4.39. The lowest BCUT2D eigenvalue weighted by Gasteiger charge is -2.31. The first-order valence-corrected chi connectivity index (χ1v) is 12.8. The Kier molecular flexibility index (Phi) is 8.57. The fraction of sp³-hybridized carbons (Fsp3) is 0.250. The predicted octanol–water partition coefficient (Wildman–Crippen LogP) is 6.16. The lowest BCUT2D eigenvalue weighted by molar-refractivity contribution is -0.133. The molecule has 0 aliphatic rings. The van der Waals surface area contributed by atoms with E-state index in [9.17, 15) is 9.59 Å². The van der Waals surface area contributed by atoms with Gasteiger partial charge in [-0.15, -0.1) is 0 Å². The van der Waals surface area contributed by atoms with Gasteiger partial charge >= 0.3 is 0 Å². The van der Waals surface area contributed by atoms with Gasteiger partial charge in [0.15, 0.2) is 0 Å². The molecule has 0 aliphatic heterocycles. The minimum atomic E-state index is -0.124. The number of aryl methyl sites for hydroxylation is 1. The smallest absolute Gasteiger partial charge is 0.254 e. The molecule has 0 saturated carbocycles. The van der Waals surface area contributed by atoms with Gasteiger partial charge in [-0.1, -0.05) is 79.7 Å². The largest absolute Gasteiger partial charge is 0.353 e. The SMILES string of the molecule is CCC(C)N(CC(=O)N(Cc1ccccc1)Cc1cccn1C)C(=O)c1ccc(-c2ccccc2)cc1. The predicted molar refractivity (Wildman–Crippen MR) is 149 cm³/mol. The number of hydrogen-bond donors (Lipinski definition) is 0. The van der Waals surface area contributed by atoms with Gasteiger partial charge in [-0.3, -0.25) is 9.59 Å². The molecule has 37 heavy (non-hydrogen) atoms. The summed E-state index contributed by atoms with van der Waals surface area (Å²) in [4.78, 5) is 30.9. The first-order chi connectivity index (χ1) is 18.0. The average Bonchev–Trinajstić information content (AvgIpc) is 3.35. The van der Waals surface area contributed by atoms with Crippen molar-refractivity contribution < 1.29 is 9.59 Å². The third kappa shape index (κ3) is 6.56. The summed E-state index contributed by atoms with van der Waals surface area (Å²) in [6.07, 6.45) is 2.74. The van der Waals surface area contributed by atoms with Crippen molar-refractivity contribution in [1.29, 1.82) is 0 Å². The zero-order valence-corrected chi connectivity index (χ0v) is 21.9. The Morgan fingerprint density at radius 3 is 2.00 bits per heavy atom. The Bertz CT molecular complexity index is 1300. The van der Waals surface area contributed by atoms with E-state index in [1.807, 2.05) is 121 Å². The summed E-state index contributed by atoms with van der Waals surface area (Å²) < 4.78 is 2.02. The van der Waals surface area contributed by atoms with Crippen LogP contribution in [0, 0.1) is 0 Å². The van der Waals surface area contributed by atoms with Gasteiger partial charge in [0.2, 0.25) is 5.91 Å². The molecule has 4 rings (SSSR count). The highest BCUT2D eigenvalue weighted by atomic mass is 16.2. The Morgan fingerprint density at radius 1 is 0.784 bits per heavy atom. The molecule has 0 saturated heterocycles. The number of hydrogen-bond acceptors (Lipinski definition) is 2. The molecule has 0 aliphatic carbocycles. The van der Waals surface area contributed by atoms with E-state index in [-0.39, 0.29) is 24.4 Å². The quantitative estimate of drug-likeness (QED) is 0.266. The van der Waals surface area contributed by atoms with E-state index in [2.05, 4.69) is 12.1 Å². The number of rotatable bonds is 10. The van der Waals surface area contributed by atoms with Gasteiger partial charge in [0, 0.05) is 37.1 Å². The monoisotopic (exact) mass is 493 g/mol. The Labute approximate surface area is 220 Å². The molecular formula is C32H35N3O2. The molecular weight excluding hydrogens is 458 g/mol. The van der Waals surface area contributed by atoms with E-state index < -0.39 is 0 Å². The number of amides is 2. The van der Waals surface area contributed by atoms with Gasteiger partial charge in [-0.25, -0.2) is 0 Å². The molecule has 190 valence electrons. The van der Waals surface area contributed by atoms with Crippen molar-refractivity contribution in [2.45, 2.75) is 39.4 Å². The summed E-state index contributed by atoms with van der Waals surface area (Å²) in [5.74, 6) is -0.194. The number of aromatic nitrogens is 1. The summed E-state index contributed by atoms with van der Waals surface area (Å²) in [6.45, 7) is 5.04. The molecule has 1 atom stereocenters. The van der Waals surface area contributed by atoms with Gasteiger partial charge < -0.3 is 14.4 Å². The van der Waals surface area contributed by atoms with E-state index in [4.69, 9.17) is 0 Å². The molecule has 1 heterocycles. The van der Waals surface area contributed by atoms with Crippen LogP contribution in [0.15, 0.2) is 103 Å². The third-order valence-corrected chi connectivity index (χ3v) is 6.90. The maximum absolute atomic E-state index is 13.7. The first-order valence-electron chi connectivity index (χ1n) is 12.8. The zero-order chi connectivity index (χ0) is 26.2. The maximum atomic E-state index is 13.7. The number of carbonyl (C=O) groups excluding carboxylic acids is 2. The molecule has 0 N–H and O–H groups in total. The van der Waals surface area contributed by atoms with Crippen molar-refractivity contribution in [1.82, 2.24) is 14.4 Å². The molecule has 0 spiro atoms. The normalized spacial score (nSPS) is 11.6. The van der Waals surface area contributed by atoms with Crippen molar-refractivity contribution in [3.63, 3.8) is 0 Å². The maximum Gasteiger partial charge on any atom is 0.254 e. The second-order valence-corrected chi connectivity index (χ2v) is 9.48. The van der Waals surface area contributed by atoms with Crippen molar-refractivity contribution in [2.24, 2.45) is 7.05 Å². The fourth-order valence-corrected chi connectivity index (χ4v) is 4.39. The topological polar surface area (TPSA) is 45.6 Å². The minimum absolute atomic E-state index is 0.0333. The van der Waals surface area contributed by atoms with Crippen LogP contribution >= 0.6 is 0 Å². The molecule has 3 aromatic carbocycles. The van der Waals surface area contributed by atoms with Crippen molar-refractivity contribution in [3.8, 4) is 11.1 Å². The second kappa shape index (κ2) is 12.2. The number of nitrogens with zero attached hydrogens (tertiary/aromatic N) is 3. The standard InChI is InChI=1S/C32H35N3O2/c1-4-25(2)35(32(37)29-19-17-28(18-20-29)27-14-9-6-10-15-27)24-31(36)34(22-26-12-7-5-8-13-26)23-30-16-11-21-33(30)3/h5-21,25H,4,22-24H2,1-3H3. The first kappa shape index (κ1) is 26.0. The molecule has 0 radical (unpaired) electrons. The summed E-state index contributed by atoms with van der Waals surface area (Å²) in [5.41, 5.74) is 4.85. The molecule has 4 aromatic rings. The molecule has 2 amide bonds. The number of carbonyl (C=O) groups is 2. The Hall–Kier alpha value is -4.12. The number of benzene rings is 3. The van der Waals surface area contributed by atoms with Crippen LogP contribution in [0.5, 0.6) is 0 Å². The Balaban J connectivity index is 1.55. The van der Waals surface area contributed by atoms with Crippen molar-refractivity contribution >= 4 is 11.8 Å². The molecule has 0 bridgehead atoms. The third-order valence-electron chi connectivity index (χ3n) is 6.90. The summed E-state index contributed by atoms with van der Waals surface area (Å²) >= 11 is 0. The van der Waals surface area contributed by atoms with Crippen molar-refractivity contribution in [2.75, 3.05) is 6.54 Å². The van der Waals surface area contributed by atoms with E-state index in [0.717, 1.165) is 28.8 Å². The van der Waals surface area contributed by atoms with Gasteiger partial charge in [0.1, 0.15) is 6.54 Å². The highest BCUT2D eigenvalue weighted by molar-refractivity contribution is 5.97. The van der Waals surface area contributed by atoms with Crippen LogP contribution in [-0.2, 0) is 24.9 Å². The highest BCUT2D eigenvalue weighted by Crippen LogP contribution is 2.21. The summed E-state index contributed by atoms with van der Waals surface area (Å²) in [5, 5.41) is 0. The van der Waals surface area contributed by atoms with Gasteiger partial charge in [-0.05, 0) is 54.3 Å². The molecule has 0 fully saturated rings. The lowest BCUT2D eigenvalue weighted by Crippen LogP contribution is -2.46. The van der Waals surface area contributed by atoms with Crippen molar-refractivity contribution in [3.05, 3.63) is 120 Å². The van der Waals surface area contributed by atoms with E-state index >= 15 is 0 Å². The van der Waals surface area contributed by atoms with E-state index in [1.54, 1.807) is 4.90 Å². The van der Waals surface area contributed by atoms with Gasteiger partial charge in [0.25, 0.3) is 5.91 Å². The van der Waals surface area contributed by atoms with Gasteiger partial charge in [0.05, 0.1) is 6.54 Å². The molecule has 5 nitrogen and oxygen atoms in total. The van der Waals surface area contributed by atoms with Crippen LogP contribution < -0.4 is 0 Å². The van der Waals surface area contributed by atoms with Crippen LogP contribution in [0.1, 0.15) is 41.9 Å².